The molecule has 2 aliphatic heterocycles. The lowest BCUT2D eigenvalue weighted by Crippen LogP contribution is -2.30. The number of carbonyl (C=O) groups excluding carboxylic acids is 1. The van der Waals surface area contributed by atoms with E-state index in [4.69, 9.17) is 9.47 Å². The summed E-state index contributed by atoms with van der Waals surface area (Å²) >= 11 is 0. The van der Waals surface area contributed by atoms with E-state index in [2.05, 4.69) is 4.74 Å². The van der Waals surface area contributed by atoms with Crippen molar-refractivity contribution in [2.45, 2.75) is 31.7 Å². The van der Waals surface area contributed by atoms with Gasteiger partial charge in [0.1, 0.15) is 0 Å². The van der Waals surface area contributed by atoms with Crippen molar-refractivity contribution < 1.29 is 19.0 Å². The van der Waals surface area contributed by atoms with Gasteiger partial charge < -0.3 is 14.2 Å². The lowest BCUT2D eigenvalue weighted by molar-refractivity contribution is -0.189. The van der Waals surface area contributed by atoms with Gasteiger partial charge in [0.15, 0.2) is 12.4 Å². The second-order valence-corrected chi connectivity index (χ2v) is 3.12. The number of hydrogen-bond acceptors (Lipinski definition) is 4. The zero-order valence-corrected chi connectivity index (χ0v) is 7.27. The van der Waals surface area contributed by atoms with Gasteiger partial charge >= 0.3 is 5.97 Å². The van der Waals surface area contributed by atoms with E-state index in [-0.39, 0.29) is 12.3 Å². The third-order valence-electron chi connectivity index (χ3n) is 2.11. The van der Waals surface area contributed by atoms with Gasteiger partial charge in [-0.1, -0.05) is 0 Å². The van der Waals surface area contributed by atoms with Crippen LogP contribution in [0.3, 0.4) is 0 Å². The number of rotatable bonds is 2. The van der Waals surface area contributed by atoms with E-state index in [1.807, 2.05) is 0 Å². The Balaban J connectivity index is 1.82. The van der Waals surface area contributed by atoms with Crippen LogP contribution in [0.1, 0.15) is 19.3 Å². The predicted molar refractivity (Wildman–Crippen MR) is 43.7 cm³/mol. The predicted octanol–water partition coefficient (Wildman–Crippen LogP) is 0.969. The van der Waals surface area contributed by atoms with Crippen molar-refractivity contribution in [3.05, 3.63) is 12.3 Å². The summed E-state index contributed by atoms with van der Waals surface area (Å²) in [6.45, 7) is 0.718. The van der Waals surface area contributed by atoms with Gasteiger partial charge in [0.2, 0.25) is 0 Å². The molecule has 0 amide bonds. The molecule has 0 bridgehead atoms. The zero-order chi connectivity index (χ0) is 9.10. The third kappa shape index (κ3) is 2.08. The molecule has 0 unspecified atom stereocenters. The zero-order valence-electron chi connectivity index (χ0n) is 7.27. The van der Waals surface area contributed by atoms with Crippen LogP contribution in [0.25, 0.3) is 0 Å². The molecule has 0 aromatic carbocycles. The molecule has 0 saturated carbocycles. The van der Waals surface area contributed by atoms with Crippen LogP contribution in [-0.4, -0.2) is 25.0 Å². The summed E-state index contributed by atoms with van der Waals surface area (Å²) in [5.41, 5.74) is 0. The van der Waals surface area contributed by atoms with Crippen LogP contribution >= 0.6 is 0 Å². The number of hydrogen-bond donors (Lipinski definition) is 0. The van der Waals surface area contributed by atoms with Gasteiger partial charge in [-0.15, -0.1) is 0 Å². The molecular weight excluding hydrogens is 172 g/mol. The molecule has 1 saturated heterocycles. The molecule has 4 heteroatoms. The molecule has 0 radical (unpaired) electrons. The first-order chi connectivity index (χ1) is 6.36. The standard InChI is InChI=1S/C9H12O4/c10-9-7(4-6-12-9)13-8-3-1-2-5-11-8/h4,6-8H,1-3,5H2/t7-,8-/m0/s1. The normalized spacial score (nSPS) is 33.4. The summed E-state index contributed by atoms with van der Waals surface area (Å²) in [5.74, 6) is -0.353. The molecule has 72 valence electrons. The van der Waals surface area contributed by atoms with Crippen molar-refractivity contribution in [3.63, 3.8) is 0 Å². The molecule has 0 aromatic rings. The van der Waals surface area contributed by atoms with Crippen LogP contribution in [0.15, 0.2) is 12.3 Å². The van der Waals surface area contributed by atoms with E-state index >= 15 is 0 Å². The number of ether oxygens (including phenoxy) is 3. The monoisotopic (exact) mass is 184 g/mol. The Bertz CT molecular complexity index is 218. The quantitative estimate of drug-likeness (QED) is 0.600. The average molecular weight is 184 g/mol. The Morgan fingerprint density at radius 1 is 1.46 bits per heavy atom. The smallest absolute Gasteiger partial charge is 0.344 e. The van der Waals surface area contributed by atoms with E-state index in [0.717, 1.165) is 25.9 Å². The molecule has 0 aromatic heterocycles. The SMILES string of the molecule is O=C1OC=C[C@@H]1O[C@H]1CCCCO1. The molecule has 2 heterocycles. The molecule has 2 atom stereocenters. The Labute approximate surface area is 76.5 Å². The summed E-state index contributed by atoms with van der Waals surface area (Å²) in [6.07, 6.45) is 5.17. The molecular formula is C9H12O4. The average Bonchev–Trinajstić information content (AvgIpc) is 2.54. The first-order valence-electron chi connectivity index (χ1n) is 4.50. The maximum Gasteiger partial charge on any atom is 0.344 e. The minimum absolute atomic E-state index is 0.242. The van der Waals surface area contributed by atoms with Crippen LogP contribution in [0, 0.1) is 0 Å². The Hall–Kier alpha value is -0.870. The van der Waals surface area contributed by atoms with Crippen molar-refractivity contribution in [2.75, 3.05) is 6.61 Å². The van der Waals surface area contributed by atoms with Gasteiger partial charge in [-0.25, -0.2) is 4.79 Å². The maximum atomic E-state index is 11.0. The van der Waals surface area contributed by atoms with Crippen LogP contribution < -0.4 is 0 Å². The molecule has 2 aliphatic rings. The Morgan fingerprint density at radius 3 is 3.00 bits per heavy atom. The first kappa shape index (κ1) is 8.72. The van der Waals surface area contributed by atoms with Crippen molar-refractivity contribution in [1.29, 1.82) is 0 Å². The van der Waals surface area contributed by atoms with Crippen LogP contribution in [0.2, 0.25) is 0 Å². The van der Waals surface area contributed by atoms with Gasteiger partial charge in [-0.3, -0.25) is 0 Å². The summed E-state index contributed by atoms with van der Waals surface area (Å²) < 4.78 is 15.3. The first-order valence-corrected chi connectivity index (χ1v) is 4.50. The van der Waals surface area contributed by atoms with Crippen molar-refractivity contribution in [3.8, 4) is 0 Å². The highest BCUT2D eigenvalue weighted by Gasteiger charge is 2.27. The van der Waals surface area contributed by atoms with Gasteiger partial charge in [0, 0.05) is 6.61 Å². The highest BCUT2D eigenvalue weighted by atomic mass is 16.7. The van der Waals surface area contributed by atoms with E-state index in [1.165, 1.54) is 6.26 Å². The van der Waals surface area contributed by atoms with Crippen LogP contribution in [0.5, 0.6) is 0 Å². The number of carbonyl (C=O) groups is 1. The second kappa shape index (κ2) is 3.89. The fourth-order valence-electron chi connectivity index (χ4n) is 1.41. The highest BCUT2D eigenvalue weighted by molar-refractivity contribution is 5.79. The summed E-state index contributed by atoms with van der Waals surface area (Å²) in [7, 11) is 0. The van der Waals surface area contributed by atoms with Gasteiger partial charge in [0.25, 0.3) is 0 Å². The van der Waals surface area contributed by atoms with E-state index < -0.39 is 6.10 Å². The van der Waals surface area contributed by atoms with E-state index in [1.54, 1.807) is 6.08 Å². The van der Waals surface area contributed by atoms with Crippen LogP contribution in [0.4, 0.5) is 0 Å². The molecule has 13 heavy (non-hydrogen) atoms. The fraction of sp³-hybridized carbons (Fsp3) is 0.667. The molecule has 4 nitrogen and oxygen atoms in total. The minimum Gasteiger partial charge on any atom is -0.433 e. The van der Waals surface area contributed by atoms with Crippen molar-refractivity contribution >= 4 is 5.97 Å². The summed E-state index contributed by atoms with van der Waals surface area (Å²) in [4.78, 5) is 11.0. The lowest BCUT2D eigenvalue weighted by atomic mass is 10.2. The van der Waals surface area contributed by atoms with Crippen LogP contribution in [-0.2, 0) is 19.0 Å². The van der Waals surface area contributed by atoms with Gasteiger partial charge in [-0.05, 0) is 25.3 Å². The summed E-state index contributed by atoms with van der Waals surface area (Å²) in [5, 5.41) is 0. The summed E-state index contributed by atoms with van der Waals surface area (Å²) in [6, 6.07) is 0. The molecule has 0 spiro atoms. The molecule has 2 rings (SSSR count). The Kier molecular flexibility index (Phi) is 2.61. The Morgan fingerprint density at radius 2 is 2.38 bits per heavy atom. The largest absolute Gasteiger partial charge is 0.433 e. The molecule has 0 N–H and O–H groups in total. The fourth-order valence-corrected chi connectivity index (χ4v) is 1.41. The van der Waals surface area contributed by atoms with E-state index in [0.29, 0.717) is 0 Å². The maximum absolute atomic E-state index is 11.0. The molecule has 0 aliphatic carbocycles. The number of cyclic esters (lactones) is 1. The van der Waals surface area contributed by atoms with Gasteiger partial charge in [0.05, 0.1) is 6.26 Å². The van der Waals surface area contributed by atoms with Crippen molar-refractivity contribution in [1.82, 2.24) is 0 Å². The van der Waals surface area contributed by atoms with Crippen molar-refractivity contribution in [2.24, 2.45) is 0 Å². The number of esters is 1. The molecule has 1 fully saturated rings. The topological polar surface area (TPSA) is 44.8 Å². The van der Waals surface area contributed by atoms with E-state index in [9.17, 15) is 4.79 Å². The third-order valence-corrected chi connectivity index (χ3v) is 2.11. The highest BCUT2D eigenvalue weighted by Crippen LogP contribution is 2.18. The second-order valence-electron chi connectivity index (χ2n) is 3.12. The van der Waals surface area contributed by atoms with Gasteiger partial charge in [-0.2, -0.15) is 0 Å². The lowest BCUT2D eigenvalue weighted by Gasteiger charge is -2.23. The minimum atomic E-state index is -0.567.